The van der Waals surface area contributed by atoms with Crippen molar-refractivity contribution in [3.8, 4) is 5.75 Å². The van der Waals surface area contributed by atoms with Crippen LogP contribution in [0.4, 0.5) is 4.79 Å². The molecule has 3 rings (SSSR count). The molecule has 7 nitrogen and oxygen atoms in total. The lowest BCUT2D eigenvalue weighted by molar-refractivity contribution is -0.514. The van der Waals surface area contributed by atoms with Gasteiger partial charge in [-0.05, 0) is 6.07 Å². The maximum atomic E-state index is 12.1. The van der Waals surface area contributed by atoms with Gasteiger partial charge >= 0.3 is 17.8 Å². The van der Waals surface area contributed by atoms with E-state index in [1.54, 1.807) is 30.6 Å². The van der Waals surface area contributed by atoms with E-state index in [-0.39, 0.29) is 11.7 Å². The highest BCUT2D eigenvalue weighted by atomic mass is 16.3. The average molecular weight is 273 g/mol. The summed E-state index contributed by atoms with van der Waals surface area (Å²) in [5.41, 5.74) is 0.436. The zero-order valence-electron chi connectivity index (χ0n) is 11.0. The number of amides is 3. The number of hydrogen-bond acceptors (Lipinski definition) is 4. The number of carbonyl (C=O) groups is 2. The molecule has 2 aliphatic rings. The molecule has 1 atom stereocenters. The van der Waals surface area contributed by atoms with Crippen LogP contribution >= 0.6 is 0 Å². The number of imide groups is 1. The van der Waals surface area contributed by atoms with Crippen molar-refractivity contribution in [2.75, 3.05) is 14.1 Å². The van der Waals surface area contributed by atoms with Crippen LogP contribution in [0.3, 0.4) is 0 Å². The number of carbonyl (C=O) groups excluding carboxylic acids is 2. The van der Waals surface area contributed by atoms with E-state index in [4.69, 9.17) is 0 Å². The van der Waals surface area contributed by atoms with Crippen LogP contribution in [0.2, 0.25) is 0 Å². The summed E-state index contributed by atoms with van der Waals surface area (Å²) in [5, 5.41) is 13.4. The lowest BCUT2D eigenvalue weighted by Gasteiger charge is -2.15. The van der Waals surface area contributed by atoms with Crippen LogP contribution in [0, 0.1) is 0 Å². The molecular formula is C13H13N4O3+. The number of aliphatic imine (C=N–C) groups is 1. The quantitative estimate of drug-likeness (QED) is 0.605. The fraction of sp³-hybridized carbons (Fsp3) is 0.231. The molecule has 0 aromatic heterocycles. The molecule has 102 valence electrons. The van der Waals surface area contributed by atoms with Crippen LogP contribution in [0.25, 0.3) is 0 Å². The van der Waals surface area contributed by atoms with Gasteiger partial charge < -0.3 is 5.11 Å². The van der Waals surface area contributed by atoms with E-state index >= 15 is 0 Å². The molecule has 0 radical (unpaired) electrons. The van der Waals surface area contributed by atoms with Gasteiger partial charge in [0.15, 0.2) is 0 Å². The van der Waals surface area contributed by atoms with Crippen LogP contribution in [0.15, 0.2) is 29.3 Å². The van der Waals surface area contributed by atoms with Gasteiger partial charge in [-0.2, -0.15) is 9.69 Å². The van der Waals surface area contributed by atoms with E-state index in [9.17, 15) is 14.7 Å². The largest absolute Gasteiger partial charge is 0.872 e. The predicted molar refractivity (Wildman–Crippen MR) is 67.5 cm³/mol. The van der Waals surface area contributed by atoms with E-state index in [1.165, 1.54) is 17.7 Å². The maximum Gasteiger partial charge on any atom is 0.504 e. The SMILES string of the molecule is CN1C(=O)C2N=C(c3ccccc3[O-])[NH2+]C2=[N+](C)C1=O. The molecule has 20 heavy (non-hydrogen) atoms. The molecule has 1 unspecified atom stereocenters. The van der Waals surface area contributed by atoms with Gasteiger partial charge in [-0.15, -0.1) is 4.58 Å². The lowest BCUT2D eigenvalue weighted by Crippen LogP contribution is -2.93. The Hall–Kier alpha value is -2.54. The Morgan fingerprint density at radius 2 is 2.05 bits per heavy atom. The number of rotatable bonds is 1. The first-order valence-electron chi connectivity index (χ1n) is 6.12. The highest BCUT2D eigenvalue weighted by Gasteiger charge is 2.51. The topological polar surface area (TPSA) is 92.4 Å². The number of benzene rings is 1. The number of para-hydroxylation sites is 1. The summed E-state index contributed by atoms with van der Waals surface area (Å²) in [4.78, 5) is 29.3. The Morgan fingerprint density at radius 3 is 2.75 bits per heavy atom. The number of hydrogen-bond donors (Lipinski definition) is 1. The first kappa shape index (κ1) is 12.5. The highest BCUT2D eigenvalue weighted by molar-refractivity contribution is 6.16. The summed E-state index contributed by atoms with van der Waals surface area (Å²) >= 11 is 0. The van der Waals surface area contributed by atoms with Crippen LogP contribution in [-0.2, 0) is 4.79 Å². The fourth-order valence-electron chi connectivity index (χ4n) is 2.36. The van der Waals surface area contributed by atoms with Gasteiger partial charge in [-0.25, -0.2) is 15.1 Å². The molecule has 0 fully saturated rings. The van der Waals surface area contributed by atoms with Crippen molar-refractivity contribution in [3.05, 3.63) is 29.8 Å². The number of nitrogens with zero attached hydrogens (tertiary/aromatic N) is 3. The Labute approximate surface area is 114 Å². The van der Waals surface area contributed by atoms with Gasteiger partial charge in [0, 0.05) is 5.56 Å². The molecule has 0 aliphatic carbocycles. The minimum atomic E-state index is -0.739. The number of amidine groups is 2. The van der Waals surface area contributed by atoms with E-state index in [2.05, 4.69) is 4.99 Å². The molecule has 0 saturated carbocycles. The third kappa shape index (κ3) is 1.64. The molecule has 2 heterocycles. The van der Waals surface area contributed by atoms with Crippen molar-refractivity contribution in [2.24, 2.45) is 4.99 Å². The zero-order chi connectivity index (χ0) is 14.4. The van der Waals surface area contributed by atoms with Gasteiger partial charge in [0.25, 0.3) is 6.04 Å². The van der Waals surface area contributed by atoms with Gasteiger partial charge in [-0.1, -0.05) is 23.9 Å². The molecule has 2 aliphatic heterocycles. The predicted octanol–water partition coefficient (Wildman–Crippen LogP) is -1.91. The minimum Gasteiger partial charge on any atom is -0.872 e. The molecule has 7 heteroatoms. The Morgan fingerprint density at radius 1 is 1.35 bits per heavy atom. The van der Waals surface area contributed by atoms with Crippen molar-refractivity contribution < 1.29 is 24.6 Å². The van der Waals surface area contributed by atoms with Gasteiger partial charge in [-0.3, -0.25) is 0 Å². The molecule has 1 aromatic rings. The van der Waals surface area contributed by atoms with Gasteiger partial charge in [0.1, 0.15) is 0 Å². The number of quaternary nitrogens is 1. The molecule has 0 spiro atoms. The van der Waals surface area contributed by atoms with Crippen LogP contribution in [-0.4, -0.2) is 53.2 Å². The van der Waals surface area contributed by atoms with Crippen LogP contribution in [0.5, 0.6) is 5.75 Å². The summed E-state index contributed by atoms with van der Waals surface area (Å²) in [6, 6.07) is 5.35. The van der Waals surface area contributed by atoms with E-state index in [0.717, 1.165) is 4.90 Å². The second kappa shape index (κ2) is 4.24. The molecule has 0 bridgehead atoms. The van der Waals surface area contributed by atoms with Gasteiger partial charge in [0.2, 0.25) is 5.84 Å². The molecule has 0 saturated heterocycles. The zero-order valence-corrected chi connectivity index (χ0v) is 11.0. The Kier molecular flexibility index (Phi) is 2.65. The summed E-state index contributed by atoms with van der Waals surface area (Å²) in [6.07, 6.45) is 0. The first-order valence-corrected chi connectivity index (χ1v) is 6.12. The molecule has 3 amide bonds. The van der Waals surface area contributed by atoms with Gasteiger partial charge in [0.05, 0.1) is 14.1 Å². The van der Waals surface area contributed by atoms with Crippen molar-refractivity contribution in [1.29, 1.82) is 0 Å². The summed E-state index contributed by atoms with van der Waals surface area (Å²) in [7, 11) is 3.01. The summed E-state index contributed by atoms with van der Waals surface area (Å²) in [5.74, 6) is 0.421. The maximum absolute atomic E-state index is 12.1. The number of nitrogens with two attached hydrogens (primary N) is 1. The second-order valence-electron chi connectivity index (χ2n) is 4.72. The second-order valence-corrected chi connectivity index (χ2v) is 4.72. The molecular weight excluding hydrogens is 260 g/mol. The van der Waals surface area contributed by atoms with Crippen LogP contribution < -0.4 is 10.4 Å². The standard InChI is InChI=1S/C13H12N4O3/c1-16-11-9(12(19)17(2)13(16)20)14-10(15-11)7-5-3-4-6-8(7)18/h3-6,9H,1-2H3,(H,14,18)/p+1. The fourth-order valence-corrected chi connectivity index (χ4v) is 2.36. The third-order valence-electron chi connectivity index (χ3n) is 3.52. The normalized spacial score (nSPS) is 22.2. The lowest BCUT2D eigenvalue weighted by atomic mass is 10.2. The van der Waals surface area contributed by atoms with E-state index in [0.29, 0.717) is 17.2 Å². The smallest absolute Gasteiger partial charge is 0.504 e. The van der Waals surface area contributed by atoms with Crippen molar-refractivity contribution >= 4 is 23.6 Å². The Bertz CT molecular complexity index is 693. The average Bonchev–Trinajstić information content (AvgIpc) is 2.88. The number of likely N-dealkylation sites (N-methyl/N-ethyl adjacent to an activating group) is 1. The minimum absolute atomic E-state index is 0.156. The summed E-state index contributed by atoms with van der Waals surface area (Å²) in [6.45, 7) is 0. The highest BCUT2D eigenvalue weighted by Crippen LogP contribution is 2.15. The first-order chi connectivity index (χ1) is 9.50. The van der Waals surface area contributed by atoms with Crippen molar-refractivity contribution in [3.63, 3.8) is 0 Å². The molecule has 1 aromatic carbocycles. The van der Waals surface area contributed by atoms with E-state index < -0.39 is 12.1 Å². The van der Waals surface area contributed by atoms with Crippen LogP contribution in [0.1, 0.15) is 5.56 Å². The van der Waals surface area contributed by atoms with Crippen molar-refractivity contribution in [2.45, 2.75) is 6.04 Å². The number of urea groups is 1. The van der Waals surface area contributed by atoms with E-state index in [1.807, 2.05) is 0 Å². The number of fused-ring (bicyclic) bond motifs is 1. The third-order valence-corrected chi connectivity index (χ3v) is 3.52. The Balaban J connectivity index is 2.08. The molecule has 2 N–H and O–H groups in total. The van der Waals surface area contributed by atoms with Crippen molar-refractivity contribution in [1.82, 2.24) is 4.90 Å². The summed E-state index contributed by atoms with van der Waals surface area (Å²) < 4.78 is 1.38. The monoisotopic (exact) mass is 273 g/mol.